The highest BCUT2D eigenvalue weighted by Crippen LogP contribution is 2.25. The molecule has 2 nitrogen and oxygen atoms in total. The molecule has 0 aliphatic heterocycles. The Labute approximate surface area is 135 Å². The molecule has 1 rings (SSSR count). The van der Waals surface area contributed by atoms with E-state index in [-0.39, 0.29) is 36.1 Å². The third-order valence-corrected chi connectivity index (χ3v) is 4.33. The number of benzene rings is 1. The molecule has 0 saturated carbocycles. The number of halogens is 1. The van der Waals surface area contributed by atoms with Crippen LogP contribution in [0, 0.1) is 0 Å². The van der Waals surface area contributed by atoms with Crippen molar-refractivity contribution in [2.45, 2.75) is 45.8 Å². The van der Waals surface area contributed by atoms with Gasteiger partial charge in [0.25, 0.3) is 0 Å². The summed E-state index contributed by atoms with van der Waals surface area (Å²) in [5.74, 6) is 0. The molecule has 0 heterocycles. The van der Waals surface area contributed by atoms with Gasteiger partial charge in [-0.05, 0) is 25.8 Å². The fourth-order valence-corrected chi connectivity index (χ4v) is 2.44. The lowest BCUT2D eigenvalue weighted by Crippen LogP contribution is -3.00. The Bertz CT molecular complexity index is 344. The van der Waals surface area contributed by atoms with Crippen LogP contribution in [0.5, 0.6) is 0 Å². The molecule has 0 fully saturated rings. The van der Waals surface area contributed by atoms with Crippen molar-refractivity contribution >= 4 is 0 Å². The molecule has 0 spiro atoms. The van der Waals surface area contributed by atoms with Crippen molar-refractivity contribution < 1.29 is 33.6 Å². The van der Waals surface area contributed by atoms with E-state index in [2.05, 4.69) is 27.8 Å². The highest BCUT2D eigenvalue weighted by Gasteiger charge is 2.33. The van der Waals surface area contributed by atoms with Crippen LogP contribution in [-0.2, 0) is 0 Å². The van der Waals surface area contributed by atoms with E-state index in [1.54, 1.807) is 0 Å². The lowest BCUT2D eigenvalue weighted by atomic mass is 10.00. The Morgan fingerprint density at radius 3 is 2.21 bits per heavy atom. The van der Waals surface area contributed by atoms with Crippen molar-refractivity contribution in [1.82, 2.24) is 0 Å². The molecule has 3 atom stereocenters. The molecule has 0 saturated heterocycles. The maximum absolute atomic E-state index is 10.5. The minimum atomic E-state index is -0.381. The zero-order valence-electron chi connectivity index (χ0n) is 12.6. The van der Waals surface area contributed by atoms with Crippen LogP contribution < -0.4 is 24.0 Å². The number of aliphatic hydroxyl groups is 1. The van der Waals surface area contributed by atoms with Crippen LogP contribution in [0.3, 0.4) is 0 Å². The number of nitrogens with zero attached hydrogens (tertiary/aromatic N) is 1. The van der Waals surface area contributed by atoms with E-state index >= 15 is 0 Å². The normalized spacial score (nSPS) is 17.1. The van der Waals surface area contributed by atoms with E-state index in [1.165, 1.54) is 12.8 Å². The minimum Gasteiger partial charge on any atom is -1.00 e. The summed E-state index contributed by atoms with van der Waals surface area (Å²) in [7, 11) is 2.26. The van der Waals surface area contributed by atoms with Crippen LogP contribution in [0.1, 0.15) is 45.3 Å². The average molecular weight is 377 g/mol. The van der Waals surface area contributed by atoms with Crippen molar-refractivity contribution in [1.29, 1.82) is 0 Å². The third-order valence-electron chi connectivity index (χ3n) is 4.33. The van der Waals surface area contributed by atoms with Gasteiger partial charge in [0.1, 0.15) is 12.1 Å². The maximum atomic E-state index is 10.5. The van der Waals surface area contributed by atoms with E-state index in [4.69, 9.17) is 0 Å². The van der Waals surface area contributed by atoms with Gasteiger partial charge in [0.05, 0.1) is 20.1 Å². The number of unbranched alkanes of at least 4 members (excludes halogenated alkanes) is 1. The monoisotopic (exact) mass is 377 g/mol. The Morgan fingerprint density at radius 2 is 1.74 bits per heavy atom. The van der Waals surface area contributed by atoms with Crippen LogP contribution in [0.2, 0.25) is 0 Å². The molecular formula is C16H28INO. The van der Waals surface area contributed by atoms with Crippen molar-refractivity contribution in [2.75, 3.05) is 20.1 Å². The predicted octanol–water partition coefficient (Wildman–Crippen LogP) is 0.379. The fourth-order valence-electron chi connectivity index (χ4n) is 2.44. The molecular weight excluding hydrogens is 349 g/mol. The largest absolute Gasteiger partial charge is 1.00 e. The van der Waals surface area contributed by atoms with Crippen molar-refractivity contribution in [2.24, 2.45) is 0 Å². The maximum Gasteiger partial charge on any atom is 0.130 e. The second-order valence-corrected chi connectivity index (χ2v) is 5.47. The summed E-state index contributed by atoms with van der Waals surface area (Å²) in [6.07, 6.45) is 2.05. The first-order chi connectivity index (χ1) is 8.55. The molecule has 1 aromatic rings. The molecule has 110 valence electrons. The molecule has 0 bridgehead atoms. The summed E-state index contributed by atoms with van der Waals surface area (Å²) in [4.78, 5) is 0. The molecule has 0 amide bonds. The quantitative estimate of drug-likeness (QED) is 0.538. The van der Waals surface area contributed by atoms with Gasteiger partial charge in [-0.15, -0.1) is 0 Å². The Morgan fingerprint density at radius 1 is 1.16 bits per heavy atom. The first kappa shape index (κ1) is 18.9. The number of hydrogen-bond acceptors (Lipinski definition) is 1. The highest BCUT2D eigenvalue weighted by molar-refractivity contribution is 5.18. The van der Waals surface area contributed by atoms with Gasteiger partial charge in [-0.2, -0.15) is 0 Å². The van der Waals surface area contributed by atoms with Crippen molar-refractivity contribution in [3.63, 3.8) is 0 Å². The summed E-state index contributed by atoms with van der Waals surface area (Å²) in [6, 6.07) is 10.2. The van der Waals surface area contributed by atoms with Gasteiger partial charge in [0.15, 0.2) is 0 Å². The summed E-state index contributed by atoms with van der Waals surface area (Å²) in [6.45, 7) is 8.79. The summed E-state index contributed by atoms with van der Waals surface area (Å²) >= 11 is 0. The van der Waals surface area contributed by atoms with Gasteiger partial charge in [0, 0.05) is 0 Å². The molecule has 1 N–H and O–H groups in total. The third kappa shape index (κ3) is 5.04. The van der Waals surface area contributed by atoms with Gasteiger partial charge < -0.3 is 33.6 Å². The molecule has 0 aromatic heterocycles. The Hall–Kier alpha value is -0.130. The molecule has 1 aromatic carbocycles. The SMILES string of the molecule is CCCC[N+](C)(CC)C(C)C(O)c1ccccc1.[I-]. The molecule has 3 heteroatoms. The Kier molecular flexibility index (Phi) is 8.86. The van der Waals surface area contributed by atoms with Gasteiger partial charge >= 0.3 is 0 Å². The number of quaternary nitrogens is 1. The average Bonchev–Trinajstić information content (AvgIpc) is 2.44. The zero-order valence-corrected chi connectivity index (χ0v) is 14.8. The fraction of sp³-hybridized carbons (Fsp3) is 0.625. The second kappa shape index (κ2) is 8.93. The van der Waals surface area contributed by atoms with Gasteiger partial charge in [0.2, 0.25) is 0 Å². The number of aliphatic hydroxyl groups excluding tert-OH is 1. The highest BCUT2D eigenvalue weighted by atomic mass is 127. The number of likely N-dealkylation sites (N-methyl/N-ethyl adjacent to an activating group) is 1. The van der Waals surface area contributed by atoms with Crippen LogP contribution >= 0.6 is 0 Å². The summed E-state index contributed by atoms with van der Waals surface area (Å²) < 4.78 is 0.934. The lowest BCUT2D eigenvalue weighted by Gasteiger charge is -2.41. The molecule has 19 heavy (non-hydrogen) atoms. The van der Waals surface area contributed by atoms with E-state index in [0.29, 0.717) is 0 Å². The topological polar surface area (TPSA) is 20.2 Å². The van der Waals surface area contributed by atoms with Crippen LogP contribution in [-0.4, -0.2) is 35.8 Å². The van der Waals surface area contributed by atoms with Crippen molar-refractivity contribution in [3.8, 4) is 0 Å². The van der Waals surface area contributed by atoms with Gasteiger partial charge in [-0.1, -0.05) is 43.7 Å². The smallest absolute Gasteiger partial charge is 0.130 e. The first-order valence-corrected chi connectivity index (χ1v) is 7.12. The van der Waals surface area contributed by atoms with Gasteiger partial charge in [-0.25, -0.2) is 0 Å². The van der Waals surface area contributed by atoms with Gasteiger partial charge in [-0.3, -0.25) is 0 Å². The molecule has 0 aliphatic carbocycles. The lowest BCUT2D eigenvalue weighted by molar-refractivity contribution is -0.934. The van der Waals surface area contributed by atoms with Crippen molar-refractivity contribution in [3.05, 3.63) is 35.9 Å². The second-order valence-electron chi connectivity index (χ2n) is 5.47. The number of hydrogen-bond donors (Lipinski definition) is 1. The molecule has 0 radical (unpaired) electrons. The standard InChI is InChI=1S/C16H28NO.HI/c1-5-7-13-17(4,6-2)14(3)16(18)15-11-9-8-10-12-15;/h8-12,14,16,18H,5-7,13H2,1-4H3;1H/q+1;/p-1. The Balaban J connectivity index is 0.00000324. The van der Waals surface area contributed by atoms with Crippen LogP contribution in [0.25, 0.3) is 0 Å². The van der Waals surface area contributed by atoms with E-state index in [1.807, 2.05) is 30.3 Å². The minimum absolute atomic E-state index is 0. The van der Waals surface area contributed by atoms with E-state index in [0.717, 1.165) is 23.1 Å². The summed E-state index contributed by atoms with van der Waals surface area (Å²) in [5.41, 5.74) is 1.03. The first-order valence-electron chi connectivity index (χ1n) is 7.12. The van der Waals surface area contributed by atoms with E-state index in [9.17, 15) is 5.11 Å². The van der Waals surface area contributed by atoms with E-state index < -0.39 is 0 Å². The van der Waals surface area contributed by atoms with Crippen LogP contribution in [0.15, 0.2) is 30.3 Å². The molecule has 0 aliphatic rings. The zero-order chi connectivity index (χ0) is 13.6. The molecule has 3 unspecified atom stereocenters. The number of rotatable bonds is 7. The predicted molar refractivity (Wildman–Crippen MR) is 77.4 cm³/mol. The summed E-state index contributed by atoms with van der Waals surface area (Å²) in [5, 5.41) is 10.5. The van der Waals surface area contributed by atoms with Crippen LogP contribution in [0.4, 0.5) is 0 Å².